The molecular formula is C12H18N2O. The fourth-order valence-electron chi connectivity index (χ4n) is 0.831. The second kappa shape index (κ2) is 7.85. The molecule has 0 fully saturated rings. The molecule has 0 aliphatic rings. The van der Waals surface area contributed by atoms with Crippen molar-refractivity contribution in [2.75, 3.05) is 0 Å². The van der Waals surface area contributed by atoms with Crippen molar-refractivity contribution < 1.29 is 4.79 Å². The lowest BCUT2D eigenvalue weighted by Crippen LogP contribution is -2.03. The van der Waals surface area contributed by atoms with Crippen molar-refractivity contribution in [2.45, 2.75) is 34.1 Å². The van der Waals surface area contributed by atoms with Gasteiger partial charge in [0.2, 0.25) is 5.78 Å². The van der Waals surface area contributed by atoms with Crippen molar-refractivity contribution in [3.63, 3.8) is 0 Å². The van der Waals surface area contributed by atoms with Crippen LogP contribution in [0, 0.1) is 0 Å². The highest BCUT2D eigenvalue weighted by Crippen LogP contribution is 1.99. The van der Waals surface area contributed by atoms with E-state index in [9.17, 15) is 4.79 Å². The minimum absolute atomic E-state index is 0.0400. The molecule has 0 saturated heterocycles. The number of carbonyl (C=O) groups excluding carboxylic acids is 1. The quantitative estimate of drug-likeness (QED) is 0.564. The van der Waals surface area contributed by atoms with Crippen LogP contribution in [0.25, 0.3) is 0 Å². The van der Waals surface area contributed by atoms with Gasteiger partial charge in [-0.3, -0.25) is 4.79 Å². The highest BCUT2D eigenvalue weighted by Gasteiger charge is 2.04. The van der Waals surface area contributed by atoms with Crippen LogP contribution >= 0.6 is 0 Å². The summed E-state index contributed by atoms with van der Waals surface area (Å²) in [7, 11) is 0. The van der Waals surface area contributed by atoms with E-state index in [0.29, 0.717) is 12.2 Å². The van der Waals surface area contributed by atoms with Gasteiger partial charge in [0.1, 0.15) is 0 Å². The fourth-order valence-corrected chi connectivity index (χ4v) is 0.831. The second-order valence-corrected chi connectivity index (χ2v) is 2.98. The predicted molar refractivity (Wildman–Crippen MR) is 61.8 cm³/mol. The number of Topliss-reactive ketones (excluding diaryl/α,β-unsaturated/α-hetero) is 1. The van der Waals surface area contributed by atoms with Crippen molar-refractivity contribution in [3.8, 4) is 0 Å². The van der Waals surface area contributed by atoms with Crippen LogP contribution in [0.2, 0.25) is 0 Å². The smallest absolute Gasteiger partial charge is 0.203 e. The van der Waals surface area contributed by atoms with Crippen LogP contribution in [-0.2, 0) is 0 Å². The first-order valence-electron chi connectivity index (χ1n) is 5.13. The molecule has 0 spiro atoms. The number of carbonyl (C=O) groups is 1. The van der Waals surface area contributed by atoms with Crippen LogP contribution in [0.3, 0.4) is 0 Å². The van der Waals surface area contributed by atoms with Gasteiger partial charge in [-0.25, -0.2) is 9.97 Å². The molecule has 0 aliphatic heterocycles. The maximum Gasteiger partial charge on any atom is 0.203 e. The molecule has 0 aromatic carbocycles. The maximum absolute atomic E-state index is 11.4. The Balaban J connectivity index is 0.000000921. The van der Waals surface area contributed by atoms with Crippen molar-refractivity contribution in [3.05, 3.63) is 35.9 Å². The summed E-state index contributed by atoms with van der Waals surface area (Å²) >= 11 is 0. The largest absolute Gasteiger partial charge is 0.290 e. The van der Waals surface area contributed by atoms with E-state index >= 15 is 0 Å². The maximum atomic E-state index is 11.4. The minimum Gasteiger partial charge on any atom is -0.290 e. The molecule has 1 rings (SSSR count). The Bertz CT molecular complexity index is 314. The molecule has 0 aliphatic carbocycles. The lowest BCUT2D eigenvalue weighted by molar-refractivity contribution is 0.0985. The van der Waals surface area contributed by atoms with Crippen LogP contribution in [0.5, 0.6) is 0 Å². The molecule has 3 nitrogen and oxygen atoms in total. The Hall–Kier alpha value is -1.51. The van der Waals surface area contributed by atoms with Crippen LogP contribution in [-0.4, -0.2) is 15.8 Å². The van der Waals surface area contributed by atoms with Gasteiger partial charge in [0, 0.05) is 18.8 Å². The molecular weight excluding hydrogens is 188 g/mol. The van der Waals surface area contributed by atoms with Crippen molar-refractivity contribution >= 4 is 5.78 Å². The SMILES string of the molecule is CC.CC(C)=CCC(=O)c1ncccn1. The van der Waals surface area contributed by atoms with Gasteiger partial charge in [-0.05, 0) is 19.9 Å². The molecule has 0 unspecified atom stereocenters. The lowest BCUT2D eigenvalue weighted by Gasteiger charge is -1.94. The number of hydrogen-bond acceptors (Lipinski definition) is 3. The molecule has 0 amide bonds. The first-order chi connectivity index (χ1) is 7.20. The van der Waals surface area contributed by atoms with Crippen LogP contribution in [0.1, 0.15) is 44.7 Å². The average Bonchev–Trinajstić information content (AvgIpc) is 2.30. The van der Waals surface area contributed by atoms with Gasteiger partial charge in [-0.2, -0.15) is 0 Å². The molecule has 1 heterocycles. The molecule has 82 valence electrons. The van der Waals surface area contributed by atoms with Crippen LogP contribution in [0.15, 0.2) is 30.1 Å². The molecule has 0 saturated carbocycles. The van der Waals surface area contributed by atoms with Gasteiger partial charge in [0.05, 0.1) is 0 Å². The van der Waals surface area contributed by atoms with E-state index in [1.54, 1.807) is 18.5 Å². The topological polar surface area (TPSA) is 42.9 Å². The Morgan fingerprint density at radius 2 is 1.80 bits per heavy atom. The third-order valence-electron chi connectivity index (χ3n) is 1.51. The third-order valence-corrected chi connectivity index (χ3v) is 1.51. The lowest BCUT2D eigenvalue weighted by atomic mass is 10.2. The van der Waals surface area contributed by atoms with Gasteiger partial charge in [-0.15, -0.1) is 0 Å². The summed E-state index contributed by atoms with van der Waals surface area (Å²) in [5, 5.41) is 0. The van der Waals surface area contributed by atoms with E-state index in [2.05, 4.69) is 9.97 Å². The van der Waals surface area contributed by atoms with Crippen molar-refractivity contribution in [1.82, 2.24) is 9.97 Å². The van der Waals surface area contributed by atoms with Gasteiger partial charge in [0.15, 0.2) is 5.82 Å². The van der Waals surface area contributed by atoms with Gasteiger partial charge >= 0.3 is 0 Å². The summed E-state index contributed by atoms with van der Waals surface area (Å²) in [5.74, 6) is 0.252. The predicted octanol–water partition coefficient (Wildman–Crippen LogP) is 3.04. The summed E-state index contributed by atoms with van der Waals surface area (Å²) < 4.78 is 0. The fraction of sp³-hybridized carbons (Fsp3) is 0.417. The van der Waals surface area contributed by atoms with Gasteiger partial charge in [0.25, 0.3) is 0 Å². The number of hydrogen-bond donors (Lipinski definition) is 0. The highest BCUT2D eigenvalue weighted by atomic mass is 16.1. The molecule has 1 aromatic heterocycles. The number of rotatable bonds is 3. The molecule has 0 atom stereocenters. The first kappa shape index (κ1) is 13.5. The average molecular weight is 206 g/mol. The normalized spacial score (nSPS) is 8.53. The summed E-state index contributed by atoms with van der Waals surface area (Å²) in [4.78, 5) is 19.1. The Kier molecular flexibility index (Phi) is 7.06. The van der Waals surface area contributed by atoms with E-state index in [4.69, 9.17) is 0 Å². The Morgan fingerprint density at radius 1 is 1.27 bits per heavy atom. The second-order valence-electron chi connectivity index (χ2n) is 2.98. The monoisotopic (exact) mass is 206 g/mol. The van der Waals surface area contributed by atoms with E-state index in [-0.39, 0.29) is 5.78 Å². The van der Waals surface area contributed by atoms with Crippen LogP contribution in [0.4, 0.5) is 0 Å². The Labute approximate surface area is 91.3 Å². The van der Waals surface area contributed by atoms with E-state index < -0.39 is 0 Å². The van der Waals surface area contributed by atoms with E-state index in [1.807, 2.05) is 33.8 Å². The number of aromatic nitrogens is 2. The molecule has 15 heavy (non-hydrogen) atoms. The highest BCUT2D eigenvalue weighted by molar-refractivity contribution is 5.93. The summed E-state index contributed by atoms with van der Waals surface area (Å²) in [6.45, 7) is 7.91. The molecule has 1 aromatic rings. The number of nitrogens with zero attached hydrogens (tertiary/aromatic N) is 2. The minimum atomic E-state index is -0.0400. The van der Waals surface area contributed by atoms with Gasteiger partial charge < -0.3 is 0 Å². The summed E-state index contributed by atoms with van der Waals surface area (Å²) in [5.41, 5.74) is 1.13. The molecule has 0 bridgehead atoms. The number of allylic oxidation sites excluding steroid dienone is 2. The number of ketones is 1. The zero-order valence-electron chi connectivity index (χ0n) is 9.82. The summed E-state index contributed by atoms with van der Waals surface area (Å²) in [6, 6.07) is 1.69. The van der Waals surface area contributed by atoms with Crippen molar-refractivity contribution in [2.24, 2.45) is 0 Å². The van der Waals surface area contributed by atoms with Crippen molar-refractivity contribution in [1.29, 1.82) is 0 Å². The summed E-state index contributed by atoms with van der Waals surface area (Å²) in [6.07, 6.45) is 5.40. The molecule has 3 heteroatoms. The zero-order chi connectivity index (χ0) is 11.7. The zero-order valence-corrected chi connectivity index (χ0v) is 9.82. The standard InChI is InChI=1S/C10H12N2O.C2H6/c1-8(2)4-5-9(13)10-11-6-3-7-12-10;1-2/h3-4,6-7H,5H2,1-2H3;1-2H3. The molecule has 0 N–H and O–H groups in total. The van der Waals surface area contributed by atoms with Crippen LogP contribution < -0.4 is 0 Å². The van der Waals surface area contributed by atoms with E-state index in [1.165, 1.54) is 0 Å². The Morgan fingerprint density at radius 3 is 2.27 bits per heavy atom. The van der Waals surface area contributed by atoms with E-state index in [0.717, 1.165) is 5.57 Å². The third kappa shape index (κ3) is 5.73. The van der Waals surface area contributed by atoms with Gasteiger partial charge in [-0.1, -0.05) is 25.5 Å². The first-order valence-corrected chi connectivity index (χ1v) is 5.13. The molecule has 0 radical (unpaired) electrons.